The lowest BCUT2D eigenvalue weighted by molar-refractivity contribution is 0.0908. The van der Waals surface area contributed by atoms with Gasteiger partial charge in [-0.15, -0.1) is 0 Å². The van der Waals surface area contributed by atoms with E-state index >= 15 is 0 Å². The van der Waals surface area contributed by atoms with Crippen LogP contribution in [0.4, 0.5) is 0 Å². The minimum absolute atomic E-state index is 0.116. The van der Waals surface area contributed by atoms with Crippen LogP contribution in [0.5, 0.6) is 0 Å². The van der Waals surface area contributed by atoms with Crippen molar-refractivity contribution in [3.63, 3.8) is 0 Å². The molecule has 0 aliphatic heterocycles. The molecule has 1 N–H and O–H groups in total. The predicted molar refractivity (Wildman–Crippen MR) is 115 cm³/mol. The highest BCUT2D eigenvalue weighted by atomic mass is 35.5. The third kappa shape index (κ3) is 4.20. The van der Waals surface area contributed by atoms with Crippen LogP contribution >= 0.6 is 11.6 Å². The molecule has 4 rings (SSSR count). The van der Waals surface area contributed by atoms with E-state index in [0.717, 1.165) is 30.2 Å². The summed E-state index contributed by atoms with van der Waals surface area (Å²) >= 11 is 5.98. The monoisotopic (exact) mass is 409 g/mol. The van der Waals surface area contributed by atoms with Crippen molar-refractivity contribution in [3.8, 4) is 0 Å². The summed E-state index contributed by atoms with van der Waals surface area (Å²) in [4.78, 5) is 30.7. The van der Waals surface area contributed by atoms with Gasteiger partial charge in [0, 0.05) is 22.6 Å². The van der Waals surface area contributed by atoms with E-state index < -0.39 is 0 Å². The van der Waals surface area contributed by atoms with E-state index in [-0.39, 0.29) is 23.1 Å². The average molecular weight is 410 g/mol. The van der Waals surface area contributed by atoms with Gasteiger partial charge in [0.25, 0.3) is 11.5 Å². The summed E-state index contributed by atoms with van der Waals surface area (Å²) in [7, 11) is 0. The predicted octanol–water partition coefficient (Wildman–Crippen LogP) is 4.41. The van der Waals surface area contributed by atoms with Gasteiger partial charge < -0.3 is 5.32 Å². The quantitative estimate of drug-likeness (QED) is 0.694. The van der Waals surface area contributed by atoms with E-state index in [1.165, 1.54) is 6.42 Å². The molecule has 0 unspecified atom stereocenters. The number of nitrogens with zero attached hydrogens (tertiary/aromatic N) is 2. The van der Waals surface area contributed by atoms with E-state index in [0.29, 0.717) is 23.1 Å². The van der Waals surface area contributed by atoms with Crippen molar-refractivity contribution in [3.05, 3.63) is 75.2 Å². The first-order valence-corrected chi connectivity index (χ1v) is 10.4. The maximum absolute atomic E-state index is 13.3. The minimum Gasteiger partial charge on any atom is -0.349 e. The number of hydrogen-bond acceptors (Lipinski definition) is 3. The molecule has 1 aliphatic rings. The number of amides is 1. The summed E-state index contributed by atoms with van der Waals surface area (Å²) in [5, 5.41) is 4.50. The highest BCUT2D eigenvalue weighted by molar-refractivity contribution is 6.30. The second kappa shape index (κ2) is 8.37. The Balaban J connectivity index is 1.72. The molecule has 6 heteroatoms. The van der Waals surface area contributed by atoms with Gasteiger partial charge in [-0.3, -0.25) is 14.2 Å². The first-order valence-electron chi connectivity index (χ1n) is 10.1. The Bertz CT molecular complexity index is 1090. The van der Waals surface area contributed by atoms with Gasteiger partial charge in [-0.2, -0.15) is 0 Å². The van der Waals surface area contributed by atoms with Gasteiger partial charge in [-0.25, -0.2) is 4.98 Å². The lowest BCUT2D eigenvalue weighted by atomic mass is 9.86. The maximum atomic E-state index is 13.3. The molecule has 1 saturated carbocycles. The molecule has 2 heterocycles. The number of rotatable bonds is 4. The van der Waals surface area contributed by atoms with Crippen LogP contribution < -0.4 is 10.9 Å². The summed E-state index contributed by atoms with van der Waals surface area (Å²) in [6.45, 7) is 2.48. The summed E-state index contributed by atoms with van der Waals surface area (Å²) in [6.07, 6.45) is 6.03. The molecule has 150 valence electrons. The summed E-state index contributed by atoms with van der Waals surface area (Å²) in [5.74, 6) is 0.121. The zero-order valence-electron chi connectivity index (χ0n) is 16.4. The van der Waals surface area contributed by atoms with Crippen molar-refractivity contribution < 1.29 is 4.79 Å². The molecule has 1 aromatic carbocycles. The van der Waals surface area contributed by atoms with E-state index in [1.54, 1.807) is 29.0 Å². The Kier molecular flexibility index (Phi) is 5.67. The minimum atomic E-state index is -0.327. The van der Waals surface area contributed by atoms with Crippen LogP contribution in [0.3, 0.4) is 0 Å². The SMILES string of the molecule is C[C@@H]1CCCC[C@@H]1NC(=O)c1cc2cccnc2n(Cc2ccc(Cl)cc2)c1=O. The number of halogens is 1. The fourth-order valence-corrected chi connectivity index (χ4v) is 4.19. The highest BCUT2D eigenvalue weighted by Gasteiger charge is 2.25. The second-order valence-electron chi connectivity index (χ2n) is 7.83. The van der Waals surface area contributed by atoms with E-state index in [4.69, 9.17) is 11.6 Å². The zero-order chi connectivity index (χ0) is 20.4. The second-order valence-corrected chi connectivity index (χ2v) is 8.27. The zero-order valence-corrected chi connectivity index (χ0v) is 17.2. The Morgan fingerprint density at radius 2 is 1.97 bits per heavy atom. The molecule has 1 aliphatic carbocycles. The smallest absolute Gasteiger partial charge is 0.265 e. The fourth-order valence-electron chi connectivity index (χ4n) is 4.06. The van der Waals surface area contributed by atoms with Crippen molar-refractivity contribution in [1.82, 2.24) is 14.9 Å². The van der Waals surface area contributed by atoms with E-state index in [1.807, 2.05) is 24.3 Å². The van der Waals surface area contributed by atoms with Crippen molar-refractivity contribution in [1.29, 1.82) is 0 Å². The van der Waals surface area contributed by atoms with Crippen LogP contribution in [-0.2, 0) is 6.54 Å². The van der Waals surface area contributed by atoms with Crippen LogP contribution in [0, 0.1) is 5.92 Å². The van der Waals surface area contributed by atoms with Crippen molar-refractivity contribution in [2.75, 3.05) is 0 Å². The van der Waals surface area contributed by atoms with Crippen molar-refractivity contribution in [2.45, 2.75) is 45.2 Å². The molecule has 0 radical (unpaired) electrons. The van der Waals surface area contributed by atoms with E-state index in [9.17, 15) is 9.59 Å². The lowest BCUT2D eigenvalue weighted by Crippen LogP contribution is -2.43. The molecule has 0 saturated heterocycles. The van der Waals surface area contributed by atoms with Gasteiger partial charge in [-0.05, 0) is 54.7 Å². The average Bonchev–Trinajstić information content (AvgIpc) is 2.73. The third-order valence-corrected chi connectivity index (χ3v) is 6.03. The van der Waals surface area contributed by atoms with Crippen LogP contribution in [0.25, 0.3) is 11.0 Å². The number of nitrogens with one attached hydrogen (secondary N) is 1. The first-order chi connectivity index (χ1) is 14.0. The number of carbonyl (C=O) groups excluding carboxylic acids is 1. The molecule has 29 heavy (non-hydrogen) atoms. The van der Waals surface area contributed by atoms with Gasteiger partial charge in [0.05, 0.1) is 6.54 Å². The topological polar surface area (TPSA) is 64.0 Å². The summed E-state index contributed by atoms with van der Waals surface area (Å²) < 4.78 is 1.57. The number of benzene rings is 1. The third-order valence-electron chi connectivity index (χ3n) is 5.77. The Hall–Kier alpha value is -2.66. The number of hydrogen-bond donors (Lipinski definition) is 1. The summed E-state index contributed by atoms with van der Waals surface area (Å²) in [5.41, 5.74) is 1.32. The number of aromatic nitrogens is 2. The van der Waals surface area contributed by atoms with Crippen LogP contribution in [0.2, 0.25) is 5.02 Å². The molecule has 2 aromatic heterocycles. The van der Waals surface area contributed by atoms with Gasteiger partial charge in [0.1, 0.15) is 11.2 Å². The molecule has 0 spiro atoms. The van der Waals surface area contributed by atoms with Gasteiger partial charge >= 0.3 is 0 Å². The van der Waals surface area contributed by atoms with Gasteiger partial charge in [-0.1, -0.05) is 43.5 Å². The highest BCUT2D eigenvalue weighted by Crippen LogP contribution is 2.24. The van der Waals surface area contributed by atoms with Crippen LogP contribution in [0.15, 0.2) is 53.5 Å². The molecule has 3 aromatic rings. The van der Waals surface area contributed by atoms with Gasteiger partial charge in [0.15, 0.2) is 0 Å². The molecule has 1 fully saturated rings. The number of pyridine rings is 2. The standard InChI is InChI=1S/C23H24ClN3O2/c1-15-5-2-3-7-20(15)26-22(28)19-13-17-6-4-12-25-21(17)27(23(19)29)14-16-8-10-18(24)11-9-16/h4,6,8-13,15,20H,2-3,5,7,14H2,1H3,(H,26,28)/t15-,20+/m1/s1. The van der Waals surface area contributed by atoms with Crippen molar-refractivity contribution in [2.24, 2.45) is 5.92 Å². The molecule has 1 amide bonds. The normalized spacial score (nSPS) is 19.2. The maximum Gasteiger partial charge on any atom is 0.265 e. The Morgan fingerprint density at radius 1 is 1.21 bits per heavy atom. The number of carbonyl (C=O) groups is 1. The van der Waals surface area contributed by atoms with Crippen LogP contribution in [-0.4, -0.2) is 21.5 Å². The molecular weight excluding hydrogens is 386 g/mol. The molecule has 5 nitrogen and oxygen atoms in total. The molecule has 0 bridgehead atoms. The largest absolute Gasteiger partial charge is 0.349 e. The molecule has 2 atom stereocenters. The lowest BCUT2D eigenvalue weighted by Gasteiger charge is -2.29. The Labute approximate surface area is 174 Å². The van der Waals surface area contributed by atoms with Gasteiger partial charge in [0.2, 0.25) is 0 Å². The molecular formula is C23H24ClN3O2. The Morgan fingerprint density at radius 3 is 2.72 bits per heavy atom. The summed E-state index contributed by atoms with van der Waals surface area (Å²) in [6, 6.07) is 12.8. The fraction of sp³-hybridized carbons (Fsp3) is 0.348. The number of fused-ring (bicyclic) bond motifs is 1. The van der Waals surface area contributed by atoms with Crippen LogP contribution in [0.1, 0.15) is 48.5 Å². The van der Waals surface area contributed by atoms with E-state index in [2.05, 4.69) is 17.2 Å². The first kappa shape index (κ1) is 19.6. The van der Waals surface area contributed by atoms with Crippen molar-refractivity contribution >= 4 is 28.5 Å².